The van der Waals surface area contributed by atoms with Crippen LogP contribution in [0.15, 0.2) is 44.4 Å². The number of thiophene rings is 1. The molecular formula is C19H21BrN4O3S2. The zero-order valence-electron chi connectivity index (χ0n) is 15.8. The minimum atomic E-state index is -3.59. The molecular weight excluding hydrogens is 476 g/mol. The first kappa shape index (κ1) is 20.5. The van der Waals surface area contributed by atoms with Gasteiger partial charge in [-0.2, -0.15) is 4.31 Å². The number of hydrogen-bond acceptors (Lipinski definition) is 5. The number of carbonyl (C=O) groups is 1. The fourth-order valence-electron chi connectivity index (χ4n) is 3.64. The van der Waals surface area contributed by atoms with E-state index < -0.39 is 15.9 Å². The van der Waals surface area contributed by atoms with E-state index in [1.165, 1.54) is 15.6 Å². The molecule has 1 amide bonds. The topological polar surface area (TPSA) is 84.3 Å². The summed E-state index contributed by atoms with van der Waals surface area (Å²) in [7, 11) is -3.59. The van der Waals surface area contributed by atoms with E-state index in [9.17, 15) is 13.2 Å². The second kappa shape index (κ2) is 8.17. The second-order valence-electron chi connectivity index (χ2n) is 6.92. The van der Waals surface area contributed by atoms with Crippen LogP contribution in [0.1, 0.15) is 19.8 Å². The molecule has 1 aliphatic heterocycles. The van der Waals surface area contributed by atoms with Crippen LogP contribution in [0.5, 0.6) is 0 Å². The maximum Gasteiger partial charge on any atom is 0.252 e. The van der Waals surface area contributed by atoms with Crippen molar-refractivity contribution in [3.63, 3.8) is 0 Å². The molecule has 2 aromatic heterocycles. The highest BCUT2D eigenvalue weighted by Crippen LogP contribution is 2.31. The minimum absolute atomic E-state index is 0.177. The molecule has 1 unspecified atom stereocenters. The smallest absolute Gasteiger partial charge is 0.252 e. The van der Waals surface area contributed by atoms with Gasteiger partial charge in [-0.05, 0) is 60.0 Å². The fourth-order valence-corrected chi connectivity index (χ4v) is 7.33. The molecule has 1 atom stereocenters. The third-order valence-corrected chi connectivity index (χ3v) is 9.06. The molecule has 0 bridgehead atoms. The Morgan fingerprint density at radius 1 is 1.31 bits per heavy atom. The zero-order chi connectivity index (χ0) is 20.6. The number of halogens is 1. The summed E-state index contributed by atoms with van der Waals surface area (Å²) in [5.41, 5.74) is 1.78. The Morgan fingerprint density at radius 2 is 2.10 bits per heavy atom. The second-order valence-corrected chi connectivity index (χ2v) is 11.5. The van der Waals surface area contributed by atoms with Crippen molar-refractivity contribution in [1.29, 1.82) is 0 Å². The monoisotopic (exact) mass is 496 g/mol. The van der Waals surface area contributed by atoms with E-state index in [0.29, 0.717) is 36.1 Å². The summed E-state index contributed by atoms with van der Waals surface area (Å²) in [6.45, 7) is 3.28. The summed E-state index contributed by atoms with van der Waals surface area (Å²) in [5.74, 6) is -0.102. The third kappa shape index (κ3) is 3.98. The van der Waals surface area contributed by atoms with E-state index in [1.807, 2.05) is 35.8 Å². The van der Waals surface area contributed by atoms with Crippen molar-refractivity contribution >= 4 is 60.2 Å². The Kier molecular flexibility index (Phi) is 5.78. The van der Waals surface area contributed by atoms with Gasteiger partial charge in [0.1, 0.15) is 4.21 Å². The van der Waals surface area contributed by atoms with Crippen LogP contribution < -0.4 is 5.32 Å². The van der Waals surface area contributed by atoms with Gasteiger partial charge in [0.2, 0.25) is 11.9 Å². The van der Waals surface area contributed by atoms with Gasteiger partial charge in [-0.25, -0.2) is 13.4 Å². The van der Waals surface area contributed by atoms with Gasteiger partial charge in [0, 0.05) is 19.6 Å². The van der Waals surface area contributed by atoms with Crippen LogP contribution in [0, 0.1) is 5.92 Å². The average Bonchev–Trinajstić information content (AvgIpc) is 3.31. The summed E-state index contributed by atoms with van der Waals surface area (Å²) >= 11 is 4.49. The highest BCUT2D eigenvalue weighted by molar-refractivity contribution is 9.11. The number of aryl methyl sites for hydroxylation is 1. The number of amides is 1. The Hall–Kier alpha value is -1.75. The maximum absolute atomic E-state index is 12.9. The average molecular weight is 497 g/mol. The first-order chi connectivity index (χ1) is 13.9. The summed E-state index contributed by atoms with van der Waals surface area (Å²) in [5, 5.41) is 2.92. The summed E-state index contributed by atoms with van der Waals surface area (Å²) in [4.78, 5) is 17.5. The van der Waals surface area contributed by atoms with Crippen LogP contribution in [-0.2, 0) is 21.4 Å². The van der Waals surface area contributed by atoms with E-state index in [1.54, 1.807) is 12.1 Å². The van der Waals surface area contributed by atoms with Gasteiger partial charge in [0.05, 0.1) is 20.7 Å². The van der Waals surface area contributed by atoms with Crippen molar-refractivity contribution in [2.45, 2.75) is 30.5 Å². The lowest BCUT2D eigenvalue weighted by molar-refractivity contribution is -0.120. The maximum atomic E-state index is 12.9. The summed E-state index contributed by atoms with van der Waals surface area (Å²) < 4.78 is 30.2. The molecule has 0 spiro atoms. The van der Waals surface area contributed by atoms with Crippen LogP contribution in [0.2, 0.25) is 0 Å². The lowest BCUT2D eigenvalue weighted by atomic mass is 9.99. The number of rotatable bonds is 5. The molecule has 1 saturated heterocycles. The van der Waals surface area contributed by atoms with Crippen molar-refractivity contribution in [3.05, 3.63) is 40.2 Å². The van der Waals surface area contributed by atoms with Crippen molar-refractivity contribution in [2.75, 3.05) is 18.4 Å². The Bertz CT molecular complexity index is 1160. The van der Waals surface area contributed by atoms with Crippen LogP contribution >= 0.6 is 27.3 Å². The molecule has 10 heteroatoms. The number of imidazole rings is 1. The van der Waals surface area contributed by atoms with Crippen LogP contribution in [-0.4, -0.2) is 41.3 Å². The molecule has 29 heavy (non-hydrogen) atoms. The predicted octanol–water partition coefficient (Wildman–Crippen LogP) is 3.92. The fraction of sp³-hybridized carbons (Fsp3) is 0.368. The number of nitrogens with one attached hydrogen (secondary N) is 1. The van der Waals surface area contributed by atoms with Crippen molar-refractivity contribution in [3.8, 4) is 0 Å². The lowest BCUT2D eigenvalue weighted by Gasteiger charge is -2.30. The van der Waals surface area contributed by atoms with Crippen LogP contribution in [0.4, 0.5) is 5.95 Å². The van der Waals surface area contributed by atoms with E-state index in [-0.39, 0.29) is 12.5 Å². The number of benzene rings is 1. The van der Waals surface area contributed by atoms with Crippen LogP contribution in [0.3, 0.4) is 0 Å². The normalized spacial score (nSPS) is 18.2. The molecule has 7 nitrogen and oxygen atoms in total. The first-order valence-corrected chi connectivity index (χ1v) is 12.5. The number of fused-ring (bicyclic) bond motifs is 1. The largest absolute Gasteiger partial charge is 0.310 e. The van der Waals surface area contributed by atoms with E-state index in [4.69, 9.17) is 0 Å². The third-order valence-electron chi connectivity index (χ3n) is 5.10. The highest BCUT2D eigenvalue weighted by Gasteiger charge is 2.34. The number of aromatic nitrogens is 2. The van der Waals surface area contributed by atoms with Gasteiger partial charge < -0.3 is 4.57 Å². The number of anilines is 1. The standard InChI is InChI=1S/C19H21BrN4O3S2/c1-2-24-15-8-4-3-7-14(15)21-19(24)22-18(25)13-6-5-11-23(12-13)29(26,27)17-10-9-16(20)28-17/h3-4,7-10,13H,2,5-6,11-12H2,1H3,(H,21,22,25). The molecule has 154 valence electrons. The van der Waals surface area contributed by atoms with E-state index in [0.717, 1.165) is 14.8 Å². The molecule has 1 fully saturated rings. The SMILES string of the molecule is CCn1c(NC(=O)C2CCCN(S(=O)(=O)c3ccc(Br)s3)C2)nc2ccccc21. The molecule has 3 aromatic rings. The number of sulfonamides is 1. The zero-order valence-corrected chi connectivity index (χ0v) is 19.1. The number of piperidine rings is 1. The molecule has 1 N–H and O–H groups in total. The van der Waals surface area contributed by atoms with E-state index in [2.05, 4.69) is 26.2 Å². The van der Waals surface area contributed by atoms with Gasteiger partial charge in [-0.15, -0.1) is 11.3 Å². The number of nitrogens with zero attached hydrogens (tertiary/aromatic N) is 3. The first-order valence-electron chi connectivity index (χ1n) is 9.41. The van der Waals surface area contributed by atoms with Gasteiger partial charge in [-0.1, -0.05) is 12.1 Å². The Balaban J connectivity index is 1.52. The molecule has 0 saturated carbocycles. The number of carbonyl (C=O) groups excluding carboxylic acids is 1. The molecule has 1 aromatic carbocycles. The van der Waals surface area contributed by atoms with Crippen molar-refractivity contribution < 1.29 is 13.2 Å². The quantitative estimate of drug-likeness (QED) is 0.579. The Morgan fingerprint density at radius 3 is 2.83 bits per heavy atom. The van der Waals surface area contributed by atoms with E-state index >= 15 is 0 Å². The Labute approximate surface area is 181 Å². The van der Waals surface area contributed by atoms with Gasteiger partial charge in [0.25, 0.3) is 10.0 Å². The van der Waals surface area contributed by atoms with Crippen molar-refractivity contribution in [1.82, 2.24) is 13.9 Å². The summed E-state index contributed by atoms with van der Waals surface area (Å²) in [6, 6.07) is 11.0. The minimum Gasteiger partial charge on any atom is -0.310 e. The highest BCUT2D eigenvalue weighted by atomic mass is 79.9. The molecule has 4 rings (SSSR count). The van der Waals surface area contributed by atoms with Gasteiger partial charge in [0.15, 0.2) is 0 Å². The summed E-state index contributed by atoms with van der Waals surface area (Å²) in [6.07, 6.45) is 1.30. The number of para-hydroxylation sites is 2. The van der Waals surface area contributed by atoms with Crippen molar-refractivity contribution in [2.24, 2.45) is 5.92 Å². The van der Waals surface area contributed by atoms with Crippen LogP contribution in [0.25, 0.3) is 11.0 Å². The lowest BCUT2D eigenvalue weighted by Crippen LogP contribution is -2.43. The molecule has 0 aliphatic carbocycles. The molecule has 3 heterocycles. The molecule has 0 radical (unpaired) electrons. The number of hydrogen-bond donors (Lipinski definition) is 1. The predicted molar refractivity (Wildman–Crippen MR) is 118 cm³/mol. The molecule has 1 aliphatic rings. The van der Waals surface area contributed by atoms with Gasteiger partial charge in [-0.3, -0.25) is 10.1 Å². The van der Waals surface area contributed by atoms with Gasteiger partial charge >= 0.3 is 0 Å².